The van der Waals surface area contributed by atoms with E-state index in [0.29, 0.717) is 0 Å². The topological polar surface area (TPSA) is 3.24 Å². The monoisotopic (exact) mass is 161 g/mol. The Bertz CT molecular complexity index is 248. The van der Waals surface area contributed by atoms with Gasteiger partial charge in [-0.15, -0.1) is 0 Å². The highest BCUT2D eigenvalue weighted by molar-refractivity contribution is 5.48. The molecular formula is C11H15N. The average molecular weight is 161 g/mol. The number of nitrogens with zero attached hydrogens (tertiary/aromatic N) is 1. The van der Waals surface area contributed by atoms with Gasteiger partial charge in [-0.25, -0.2) is 0 Å². The van der Waals surface area contributed by atoms with Crippen molar-refractivity contribution in [1.29, 1.82) is 0 Å². The normalized spacial score (nSPS) is 9.50. The summed E-state index contributed by atoms with van der Waals surface area (Å²) >= 11 is 0. The predicted molar refractivity (Wildman–Crippen MR) is 54.4 cm³/mol. The zero-order valence-corrected chi connectivity index (χ0v) is 7.75. The minimum absolute atomic E-state index is 1.10. The second kappa shape index (κ2) is 3.96. The first kappa shape index (κ1) is 8.85. The minimum Gasteiger partial charge on any atom is -0.352 e. The van der Waals surface area contributed by atoms with E-state index in [1.807, 2.05) is 11.9 Å². The van der Waals surface area contributed by atoms with Gasteiger partial charge in [-0.05, 0) is 30.3 Å². The summed E-state index contributed by atoms with van der Waals surface area (Å²) in [5.41, 5.74) is 2.55. The standard InChI is InChI=1S/C11H15N/c1-4-10-6-8-11(9-7-10)12(3)5-2/h5-9H,2,4H2,1,3H3. The molecule has 0 aromatic heterocycles. The number of aryl methyl sites for hydroxylation is 1. The number of rotatable bonds is 3. The van der Waals surface area contributed by atoms with E-state index in [1.165, 1.54) is 11.3 Å². The van der Waals surface area contributed by atoms with Crippen LogP contribution in [0, 0.1) is 0 Å². The molecule has 0 saturated carbocycles. The van der Waals surface area contributed by atoms with E-state index in [1.54, 1.807) is 6.20 Å². The van der Waals surface area contributed by atoms with E-state index < -0.39 is 0 Å². The SMILES string of the molecule is C=CN(C)c1ccc(CC)cc1. The number of benzene rings is 1. The highest BCUT2D eigenvalue weighted by atomic mass is 15.1. The predicted octanol–water partition coefficient (Wildman–Crippen LogP) is 2.83. The molecule has 0 saturated heterocycles. The molecule has 12 heavy (non-hydrogen) atoms. The lowest BCUT2D eigenvalue weighted by Gasteiger charge is -2.13. The molecule has 0 fully saturated rings. The van der Waals surface area contributed by atoms with Crippen molar-refractivity contribution in [3.8, 4) is 0 Å². The summed E-state index contributed by atoms with van der Waals surface area (Å²) in [6, 6.07) is 8.52. The Morgan fingerprint density at radius 1 is 1.33 bits per heavy atom. The molecule has 0 aliphatic rings. The quantitative estimate of drug-likeness (QED) is 0.659. The lowest BCUT2D eigenvalue weighted by molar-refractivity contribution is 1.13. The van der Waals surface area contributed by atoms with Gasteiger partial charge in [0.25, 0.3) is 0 Å². The number of hydrogen-bond donors (Lipinski definition) is 0. The molecule has 1 nitrogen and oxygen atoms in total. The van der Waals surface area contributed by atoms with Crippen molar-refractivity contribution in [2.45, 2.75) is 13.3 Å². The zero-order valence-electron chi connectivity index (χ0n) is 7.75. The van der Waals surface area contributed by atoms with Crippen molar-refractivity contribution in [2.75, 3.05) is 11.9 Å². The van der Waals surface area contributed by atoms with Gasteiger partial charge in [-0.2, -0.15) is 0 Å². The molecule has 0 atom stereocenters. The molecule has 0 spiro atoms. The van der Waals surface area contributed by atoms with E-state index >= 15 is 0 Å². The van der Waals surface area contributed by atoms with Crippen molar-refractivity contribution < 1.29 is 0 Å². The van der Waals surface area contributed by atoms with E-state index in [4.69, 9.17) is 0 Å². The molecule has 1 aromatic rings. The molecule has 64 valence electrons. The summed E-state index contributed by atoms with van der Waals surface area (Å²) in [7, 11) is 1.99. The van der Waals surface area contributed by atoms with Crippen LogP contribution in [0.4, 0.5) is 5.69 Å². The summed E-state index contributed by atoms with van der Waals surface area (Å²) in [4.78, 5) is 2.00. The van der Waals surface area contributed by atoms with Gasteiger partial charge in [-0.1, -0.05) is 25.6 Å². The molecular weight excluding hydrogens is 146 g/mol. The van der Waals surface area contributed by atoms with Gasteiger partial charge in [0, 0.05) is 12.7 Å². The molecule has 0 amide bonds. The van der Waals surface area contributed by atoms with Gasteiger partial charge < -0.3 is 4.90 Å². The Balaban J connectivity index is 2.84. The van der Waals surface area contributed by atoms with Gasteiger partial charge in [0.2, 0.25) is 0 Å². The van der Waals surface area contributed by atoms with Gasteiger partial charge in [0.05, 0.1) is 0 Å². The lowest BCUT2D eigenvalue weighted by Crippen LogP contribution is -2.06. The van der Waals surface area contributed by atoms with Crippen LogP contribution in [-0.2, 0) is 6.42 Å². The Labute approximate surface area is 74.3 Å². The molecule has 1 rings (SSSR count). The first-order chi connectivity index (χ1) is 5.77. The zero-order chi connectivity index (χ0) is 8.97. The van der Waals surface area contributed by atoms with E-state index in [9.17, 15) is 0 Å². The summed E-state index contributed by atoms with van der Waals surface area (Å²) in [5.74, 6) is 0. The first-order valence-electron chi connectivity index (χ1n) is 4.22. The molecule has 0 radical (unpaired) electrons. The fourth-order valence-corrected chi connectivity index (χ4v) is 1.07. The maximum absolute atomic E-state index is 3.71. The van der Waals surface area contributed by atoms with Crippen LogP contribution in [0.5, 0.6) is 0 Å². The maximum atomic E-state index is 3.71. The maximum Gasteiger partial charge on any atom is 0.0403 e. The van der Waals surface area contributed by atoms with Gasteiger partial charge >= 0.3 is 0 Å². The van der Waals surface area contributed by atoms with E-state index in [0.717, 1.165) is 6.42 Å². The van der Waals surface area contributed by atoms with Crippen LogP contribution in [0.1, 0.15) is 12.5 Å². The first-order valence-corrected chi connectivity index (χ1v) is 4.22. The number of anilines is 1. The average Bonchev–Trinajstić information content (AvgIpc) is 2.17. The molecule has 1 heteroatoms. The minimum atomic E-state index is 1.10. The van der Waals surface area contributed by atoms with Gasteiger partial charge in [0.15, 0.2) is 0 Å². The highest BCUT2D eigenvalue weighted by Gasteiger charge is 1.94. The summed E-state index contributed by atoms with van der Waals surface area (Å²) in [6.07, 6.45) is 2.90. The Morgan fingerprint density at radius 3 is 2.33 bits per heavy atom. The third-order valence-corrected chi connectivity index (χ3v) is 2.03. The molecule has 0 bridgehead atoms. The van der Waals surface area contributed by atoms with Crippen molar-refractivity contribution in [2.24, 2.45) is 0 Å². The van der Waals surface area contributed by atoms with Crippen molar-refractivity contribution >= 4 is 5.69 Å². The summed E-state index contributed by atoms with van der Waals surface area (Å²) in [5, 5.41) is 0. The van der Waals surface area contributed by atoms with Crippen LogP contribution in [0.25, 0.3) is 0 Å². The molecule has 1 aromatic carbocycles. The Morgan fingerprint density at radius 2 is 1.92 bits per heavy atom. The third kappa shape index (κ3) is 1.88. The smallest absolute Gasteiger partial charge is 0.0403 e. The van der Waals surface area contributed by atoms with Gasteiger partial charge in [-0.3, -0.25) is 0 Å². The van der Waals surface area contributed by atoms with Crippen LogP contribution in [0.3, 0.4) is 0 Å². The second-order valence-electron chi connectivity index (χ2n) is 2.81. The molecule has 0 aliphatic heterocycles. The summed E-state index contributed by atoms with van der Waals surface area (Å²) < 4.78 is 0. The van der Waals surface area contributed by atoms with Crippen LogP contribution < -0.4 is 4.90 Å². The summed E-state index contributed by atoms with van der Waals surface area (Å²) in [6.45, 7) is 5.86. The molecule has 0 unspecified atom stereocenters. The fourth-order valence-electron chi connectivity index (χ4n) is 1.07. The third-order valence-electron chi connectivity index (χ3n) is 2.03. The molecule has 0 aliphatic carbocycles. The number of hydrogen-bond acceptors (Lipinski definition) is 1. The fraction of sp³-hybridized carbons (Fsp3) is 0.273. The van der Waals surface area contributed by atoms with Crippen molar-refractivity contribution in [3.63, 3.8) is 0 Å². The van der Waals surface area contributed by atoms with E-state index in [-0.39, 0.29) is 0 Å². The lowest BCUT2D eigenvalue weighted by atomic mass is 10.1. The second-order valence-corrected chi connectivity index (χ2v) is 2.81. The van der Waals surface area contributed by atoms with E-state index in [2.05, 4.69) is 37.8 Å². The largest absolute Gasteiger partial charge is 0.352 e. The molecule has 0 N–H and O–H groups in total. The van der Waals surface area contributed by atoms with Crippen molar-refractivity contribution in [3.05, 3.63) is 42.6 Å². The van der Waals surface area contributed by atoms with Crippen LogP contribution in [0.2, 0.25) is 0 Å². The highest BCUT2D eigenvalue weighted by Crippen LogP contribution is 2.13. The van der Waals surface area contributed by atoms with Crippen LogP contribution >= 0.6 is 0 Å². The van der Waals surface area contributed by atoms with Crippen LogP contribution in [0.15, 0.2) is 37.0 Å². The van der Waals surface area contributed by atoms with Gasteiger partial charge in [0.1, 0.15) is 0 Å². The Kier molecular flexibility index (Phi) is 2.92. The van der Waals surface area contributed by atoms with Crippen molar-refractivity contribution in [1.82, 2.24) is 0 Å². The Hall–Kier alpha value is -1.24. The van der Waals surface area contributed by atoms with Crippen LogP contribution in [-0.4, -0.2) is 7.05 Å². The molecule has 0 heterocycles.